The summed E-state index contributed by atoms with van der Waals surface area (Å²) in [6.45, 7) is 5.76. The van der Waals surface area contributed by atoms with E-state index in [9.17, 15) is 4.79 Å². The van der Waals surface area contributed by atoms with Crippen LogP contribution in [0.5, 0.6) is 0 Å². The zero-order chi connectivity index (χ0) is 16.9. The van der Waals surface area contributed by atoms with Crippen molar-refractivity contribution in [3.8, 4) is 0 Å². The molecule has 1 N–H and O–H groups in total. The fourth-order valence-corrected chi connectivity index (χ4v) is 3.03. The SMILES string of the molecule is Cc1cc(N2CCN(C(=O)NCc3cccnc3)CC2)ccc1Br. The molecule has 1 aromatic heterocycles. The van der Waals surface area contributed by atoms with Crippen LogP contribution in [-0.2, 0) is 6.54 Å². The van der Waals surface area contributed by atoms with E-state index in [0.717, 1.165) is 36.2 Å². The van der Waals surface area contributed by atoms with Gasteiger partial charge >= 0.3 is 6.03 Å². The van der Waals surface area contributed by atoms with Crippen LogP contribution < -0.4 is 10.2 Å². The quantitative estimate of drug-likeness (QED) is 0.877. The lowest BCUT2D eigenvalue weighted by molar-refractivity contribution is 0.194. The first-order valence-corrected chi connectivity index (χ1v) is 8.85. The highest BCUT2D eigenvalue weighted by Gasteiger charge is 2.21. The second kappa shape index (κ2) is 7.66. The van der Waals surface area contributed by atoms with Crippen LogP contribution in [0.2, 0.25) is 0 Å². The van der Waals surface area contributed by atoms with Crippen LogP contribution in [-0.4, -0.2) is 42.1 Å². The molecule has 3 rings (SSSR count). The lowest BCUT2D eigenvalue weighted by Crippen LogP contribution is -2.51. The second-order valence-corrected chi connectivity index (χ2v) is 6.78. The van der Waals surface area contributed by atoms with Crippen molar-refractivity contribution in [2.75, 3.05) is 31.1 Å². The minimum Gasteiger partial charge on any atom is -0.368 e. The van der Waals surface area contributed by atoms with Crippen molar-refractivity contribution in [1.82, 2.24) is 15.2 Å². The second-order valence-electron chi connectivity index (χ2n) is 5.93. The molecule has 0 radical (unpaired) electrons. The largest absolute Gasteiger partial charge is 0.368 e. The number of carbonyl (C=O) groups is 1. The molecule has 1 saturated heterocycles. The van der Waals surface area contributed by atoms with E-state index in [0.29, 0.717) is 6.54 Å². The van der Waals surface area contributed by atoms with Gasteiger partial charge in [-0.2, -0.15) is 0 Å². The fraction of sp³-hybridized carbons (Fsp3) is 0.333. The number of nitrogens with zero attached hydrogens (tertiary/aromatic N) is 3. The van der Waals surface area contributed by atoms with Crippen LogP contribution >= 0.6 is 15.9 Å². The predicted octanol–water partition coefficient (Wildman–Crippen LogP) is 3.18. The molecule has 1 aromatic carbocycles. The Hall–Kier alpha value is -2.08. The first-order valence-electron chi connectivity index (χ1n) is 8.06. The molecule has 2 heterocycles. The lowest BCUT2D eigenvalue weighted by Gasteiger charge is -2.36. The molecule has 126 valence electrons. The van der Waals surface area contributed by atoms with E-state index in [1.807, 2.05) is 17.0 Å². The van der Waals surface area contributed by atoms with Crippen LogP contribution in [0.1, 0.15) is 11.1 Å². The first-order chi connectivity index (χ1) is 11.6. The van der Waals surface area contributed by atoms with Gasteiger partial charge in [0.25, 0.3) is 0 Å². The Balaban J connectivity index is 1.51. The van der Waals surface area contributed by atoms with Crippen LogP contribution in [0.25, 0.3) is 0 Å². The van der Waals surface area contributed by atoms with Crippen molar-refractivity contribution in [3.63, 3.8) is 0 Å². The molecular weight excluding hydrogens is 368 g/mol. The zero-order valence-electron chi connectivity index (χ0n) is 13.7. The maximum atomic E-state index is 12.3. The average Bonchev–Trinajstić information content (AvgIpc) is 2.63. The molecule has 24 heavy (non-hydrogen) atoms. The van der Waals surface area contributed by atoms with Gasteiger partial charge in [-0.15, -0.1) is 0 Å². The summed E-state index contributed by atoms with van der Waals surface area (Å²) in [5, 5.41) is 2.96. The van der Waals surface area contributed by atoms with Gasteiger partial charge < -0.3 is 15.1 Å². The summed E-state index contributed by atoms with van der Waals surface area (Å²) in [4.78, 5) is 20.5. The minimum absolute atomic E-state index is 0.00881. The van der Waals surface area contributed by atoms with E-state index >= 15 is 0 Å². The Kier molecular flexibility index (Phi) is 5.35. The van der Waals surface area contributed by atoms with Crippen LogP contribution in [0.4, 0.5) is 10.5 Å². The van der Waals surface area contributed by atoms with Crippen LogP contribution in [0.15, 0.2) is 47.2 Å². The molecule has 0 bridgehead atoms. The average molecular weight is 389 g/mol. The van der Waals surface area contributed by atoms with Gasteiger partial charge in [-0.25, -0.2) is 4.79 Å². The summed E-state index contributed by atoms with van der Waals surface area (Å²) in [6, 6.07) is 10.2. The number of nitrogens with one attached hydrogen (secondary N) is 1. The predicted molar refractivity (Wildman–Crippen MR) is 99.1 cm³/mol. The summed E-state index contributed by atoms with van der Waals surface area (Å²) in [7, 11) is 0. The Labute approximate surface area is 150 Å². The van der Waals surface area contributed by atoms with Crippen molar-refractivity contribution in [2.24, 2.45) is 0 Å². The third-order valence-electron chi connectivity index (χ3n) is 4.24. The van der Waals surface area contributed by atoms with Crippen molar-refractivity contribution >= 4 is 27.6 Å². The van der Waals surface area contributed by atoms with Gasteiger partial charge in [0.05, 0.1) is 0 Å². The molecule has 5 nitrogen and oxygen atoms in total. The highest BCUT2D eigenvalue weighted by atomic mass is 79.9. The number of piperazine rings is 1. The Morgan fingerprint density at radius 2 is 2.04 bits per heavy atom. The van der Waals surface area contributed by atoms with Crippen LogP contribution in [0, 0.1) is 6.92 Å². The van der Waals surface area contributed by atoms with Crippen LogP contribution in [0.3, 0.4) is 0 Å². The number of halogens is 1. The molecule has 6 heteroatoms. The van der Waals surface area contributed by atoms with Crippen molar-refractivity contribution in [2.45, 2.75) is 13.5 Å². The number of hydrogen-bond acceptors (Lipinski definition) is 3. The number of pyridine rings is 1. The third-order valence-corrected chi connectivity index (χ3v) is 5.13. The summed E-state index contributed by atoms with van der Waals surface area (Å²) < 4.78 is 1.12. The number of aryl methyl sites for hydroxylation is 1. The zero-order valence-corrected chi connectivity index (χ0v) is 15.3. The van der Waals surface area contributed by atoms with Gasteiger partial charge in [0, 0.05) is 55.3 Å². The van der Waals surface area contributed by atoms with Gasteiger partial charge in [-0.3, -0.25) is 4.98 Å². The number of aromatic nitrogens is 1. The van der Waals surface area contributed by atoms with E-state index in [-0.39, 0.29) is 6.03 Å². The van der Waals surface area contributed by atoms with Gasteiger partial charge in [-0.05, 0) is 42.3 Å². The molecule has 0 unspecified atom stereocenters. The van der Waals surface area contributed by atoms with E-state index in [2.05, 4.69) is 56.3 Å². The number of amides is 2. The highest BCUT2D eigenvalue weighted by molar-refractivity contribution is 9.10. The molecule has 1 fully saturated rings. The van der Waals surface area contributed by atoms with Crippen molar-refractivity contribution in [3.05, 3.63) is 58.3 Å². The first kappa shape index (κ1) is 16.8. The normalized spacial score (nSPS) is 14.6. The molecule has 0 aliphatic carbocycles. The fourth-order valence-electron chi connectivity index (χ4n) is 2.79. The molecule has 2 aromatic rings. The van der Waals surface area contributed by atoms with E-state index in [1.54, 1.807) is 12.4 Å². The Bertz CT molecular complexity index is 699. The summed E-state index contributed by atoms with van der Waals surface area (Å²) in [5.41, 5.74) is 3.45. The summed E-state index contributed by atoms with van der Waals surface area (Å²) in [6.07, 6.45) is 3.50. The highest BCUT2D eigenvalue weighted by Crippen LogP contribution is 2.23. The van der Waals surface area contributed by atoms with Crippen molar-refractivity contribution < 1.29 is 4.79 Å². The van der Waals surface area contributed by atoms with Gasteiger partial charge in [-0.1, -0.05) is 22.0 Å². The summed E-state index contributed by atoms with van der Waals surface area (Å²) in [5.74, 6) is 0. The monoisotopic (exact) mass is 388 g/mol. The third kappa shape index (κ3) is 4.06. The molecule has 1 aliphatic heterocycles. The van der Waals surface area contributed by atoms with E-state index in [1.165, 1.54) is 11.3 Å². The smallest absolute Gasteiger partial charge is 0.317 e. The Morgan fingerprint density at radius 3 is 2.71 bits per heavy atom. The number of anilines is 1. The number of benzene rings is 1. The molecule has 0 atom stereocenters. The Morgan fingerprint density at radius 1 is 1.25 bits per heavy atom. The molecule has 2 amide bonds. The minimum atomic E-state index is -0.00881. The van der Waals surface area contributed by atoms with Crippen molar-refractivity contribution in [1.29, 1.82) is 0 Å². The number of rotatable bonds is 3. The number of carbonyl (C=O) groups excluding carboxylic acids is 1. The van der Waals surface area contributed by atoms with Gasteiger partial charge in [0.2, 0.25) is 0 Å². The molecule has 1 aliphatic rings. The summed E-state index contributed by atoms with van der Waals surface area (Å²) >= 11 is 3.53. The standard InChI is InChI=1S/C18H21BrN4O/c1-14-11-16(4-5-17(14)19)22-7-9-23(10-8-22)18(24)21-13-15-3-2-6-20-12-15/h2-6,11-12H,7-10,13H2,1H3,(H,21,24). The van der Waals surface area contributed by atoms with E-state index in [4.69, 9.17) is 0 Å². The van der Waals surface area contributed by atoms with Gasteiger partial charge in [0.15, 0.2) is 0 Å². The molecule has 0 saturated carbocycles. The number of urea groups is 1. The molecular formula is C18H21BrN4O. The van der Waals surface area contributed by atoms with Gasteiger partial charge in [0.1, 0.15) is 0 Å². The number of hydrogen-bond donors (Lipinski definition) is 1. The van der Waals surface area contributed by atoms with E-state index < -0.39 is 0 Å². The lowest BCUT2D eigenvalue weighted by atomic mass is 10.2. The molecule has 0 spiro atoms. The maximum Gasteiger partial charge on any atom is 0.317 e. The topological polar surface area (TPSA) is 48.5 Å². The maximum absolute atomic E-state index is 12.3.